The predicted molar refractivity (Wildman–Crippen MR) is 66.1 cm³/mol. The summed E-state index contributed by atoms with van der Waals surface area (Å²) in [4.78, 5) is 29.2. The van der Waals surface area contributed by atoms with Gasteiger partial charge in [0.1, 0.15) is 0 Å². The molecular formula is C12H10ClNO3S. The van der Waals surface area contributed by atoms with Crippen LogP contribution in [0.1, 0.15) is 6.42 Å². The van der Waals surface area contributed by atoms with Gasteiger partial charge >= 0.3 is 0 Å². The Balaban J connectivity index is 1.66. The summed E-state index contributed by atoms with van der Waals surface area (Å²) in [7, 11) is 0. The molecule has 0 spiro atoms. The fraction of sp³-hybridized carbons (Fsp3) is 0.583. The average Bonchev–Trinajstić information content (AvgIpc) is 2.86. The molecule has 4 rings (SSSR count). The van der Waals surface area contributed by atoms with Gasteiger partial charge in [0.05, 0.1) is 11.8 Å². The number of allylic oxidation sites excluding steroid dienone is 2. The summed E-state index contributed by atoms with van der Waals surface area (Å²) in [5.41, 5.74) is 0. The molecule has 0 radical (unpaired) electrons. The zero-order chi connectivity index (χ0) is 12.6. The first-order valence-electron chi connectivity index (χ1n) is 6.03. The number of rotatable bonds is 1. The molecule has 6 atom stereocenters. The van der Waals surface area contributed by atoms with Crippen LogP contribution in [0.2, 0.25) is 0 Å². The molecule has 1 saturated heterocycles. The van der Waals surface area contributed by atoms with E-state index < -0.39 is 0 Å². The molecule has 1 aliphatic heterocycles. The number of carbonyl (C=O) groups excluding carboxylic acids is 2. The molecule has 0 aromatic carbocycles. The Morgan fingerprint density at radius 2 is 1.72 bits per heavy atom. The number of carbonyl (C=O) groups is 2. The van der Waals surface area contributed by atoms with Crippen molar-refractivity contribution in [1.82, 2.24) is 5.06 Å². The van der Waals surface area contributed by atoms with E-state index in [0.29, 0.717) is 23.7 Å². The van der Waals surface area contributed by atoms with Crippen molar-refractivity contribution in [3.63, 3.8) is 0 Å². The summed E-state index contributed by atoms with van der Waals surface area (Å²) < 4.78 is -0.316. The molecule has 6 heteroatoms. The molecule has 2 bridgehead atoms. The second-order valence-corrected chi connectivity index (χ2v) is 6.39. The van der Waals surface area contributed by atoms with Crippen LogP contribution in [0.3, 0.4) is 0 Å². The Kier molecular flexibility index (Phi) is 2.02. The number of halogens is 1. The highest BCUT2D eigenvalue weighted by Gasteiger charge is 2.71. The quantitative estimate of drug-likeness (QED) is 0.317. The normalized spacial score (nSPS) is 47.1. The van der Waals surface area contributed by atoms with E-state index in [1.165, 1.54) is 0 Å². The minimum Gasteiger partial charge on any atom is -0.344 e. The highest BCUT2D eigenvalue weighted by Crippen LogP contribution is 2.66. The van der Waals surface area contributed by atoms with Gasteiger partial charge in [-0.1, -0.05) is 12.2 Å². The van der Waals surface area contributed by atoms with E-state index in [2.05, 4.69) is 24.4 Å². The van der Waals surface area contributed by atoms with Crippen LogP contribution in [0.4, 0.5) is 0 Å². The maximum absolute atomic E-state index is 12.2. The number of nitrogens with zero attached hydrogens (tertiary/aromatic N) is 1. The molecule has 4 nitrogen and oxygen atoms in total. The number of thiocarbonyl (C=S) groups is 1. The molecule has 0 N–H and O–H groups in total. The highest BCUT2D eigenvalue weighted by atomic mass is 35.5. The summed E-state index contributed by atoms with van der Waals surface area (Å²) in [6, 6.07) is 0. The SMILES string of the molecule is O=C1C2C(C(=O)N1OC(=S)Cl)C1C3C=CC(C3)C21. The lowest BCUT2D eigenvalue weighted by molar-refractivity contribution is -0.167. The van der Waals surface area contributed by atoms with Crippen molar-refractivity contribution in [3.8, 4) is 0 Å². The zero-order valence-electron chi connectivity index (χ0n) is 9.28. The molecule has 18 heavy (non-hydrogen) atoms. The Morgan fingerprint density at radius 3 is 2.17 bits per heavy atom. The number of hydroxylamine groups is 2. The summed E-state index contributed by atoms with van der Waals surface area (Å²) in [6.07, 6.45) is 5.47. The van der Waals surface area contributed by atoms with Crippen LogP contribution in [0.5, 0.6) is 0 Å². The first-order chi connectivity index (χ1) is 8.59. The minimum atomic E-state index is -0.316. The fourth-order valence-corrected chi connectivity index (χ4v) is 4.56. The molecular weight excluding hydrogens is 274 g/mol. The van der Waals surface area contributed by atoms with Crippen molar-refractivity contribution in [2.24, 2.45) is 35.5 Å². The number of imide groups is 1. The van der Waals surface area contributed by atoms with Crippen molar-refractivity contribution in [1.29, 1.82) is 0 Å². The third-order valence-electron chi connectivity index (χ3n) is 4.93. The van der Waals surface area contributed by atoms with Crippen molar-refractivity contribution in [3.05, 3.63) is 12.2 Å². The molecule has 2 saturated carbocycles. The van der Waals surface area contributed by atoms with Gasteiger partial charge in [0.15, 0.2) is 0 Å². The van der Waals surface area contributed by atoms with Crippen molar-refractivity contribution >= 4 is 40.1 Å². The van der Waals surface area contributed by atoms with E-state index in [0.717, 1.165) is 11.5 Å². The predicted octanol–water partition coefficient (Wildman–Crippen LogP) is 1.49. The van der Waals surface area contributed by atoms with E-state index in [9.17, 15) is 9.59 Å². The van der Waals surface area contributed by atoms with Crippen molar-refractivity contribution in [2.45, 2.75) is 6.42 Å². The third-order valence-corrected chi connectivity index (χ3v) is 5.08. The lowest BCUT2D eigenvalue weighted by Gasteiger charge is -2.46. The van der Waals surface area contributed by atoms with Crippen LogP contribution in [0.15, 0.2) is 12.2 Å². The van der Waals surface area contributed by atoms with Crippen LogP contribution in [-0.2, 0) is 14.4 Å². The third kappa shape index (κ3) is 1.10. The van der Waals surface area contributed by atoms with Gasteiger partial charge in [-0.15, -0.1) is 5.06 Å². The van der Waals surface area contributed by atoms with Crippen molar-refractivity contribution in [2.75, 3.05) is 0 Å². The first-order valence-corrected chi connectivity index (χ1v) is 6.82. The van der Waals surface area contributed by atoms with Gasteiger partial charge in [-0.2, -0.15) is 0 Å². The van der Waals surface area contributed by atoms with Gasteiger partial charge in [0.25, 0.3) is 16.3 Å². The summed E-state index contributed by atoms with van der Waals surface area (Å²) >= 11 is 10.0. The first kappa shape index (κ1) is 10.9. The number of hydrogen-bond acceptors (Lipinski definition) is 4. The standard InChI is InChI=1S/C12H10ClNO3S/c13-12(18)17-14-10(15)8-6-4-1-2-5(3-4)7(6)9(8)11(14)16/h1-2,4-9H,3H2. The second-order valence-electron chi connectivity index (χ2n) is 5.45. The Labute approximate surface area is 114 Å². The van der Waals surface area contributed by atoms with E-state index in [4.69, 9.17) is 16.4 Å². The second kappa shape index (κ2) is 3.33. The molecule has 0 aromatic heterocycles. The smallest absolute Gasteiger partial charge is 0.287 e. The number of hydrogen-bond donors (Lipinski definition) is 0. The highest BCUT2D eigenvalue weighted by molar-refractivity contribution is 7.82. The molecule has 4 aliphatic rings. The molecule has 2 amide bonds. The topological polar surface area (TPSA) is 46.6 Å². The number of fused-ring (bicyclic) bond motifs is 8. The van der Waals surface area contributed by atoms with Gasteiger partial charge in [-0.05, 0) is 53.9 Å². The van der Waals surface area contributed by atoms with Gasteiger partial charge < -0.3 is 4.84 Å². The maximum atomic E-state index is 12.2. The summed E-state index contributed by atoms with van der Waals surface area (Å²) in [5.74, 6) is 0.590. The molecule has 94 valence electrons. The van der Waals surface area contributed by atoms with Crippen LogP contribution in [0.25, 0.3) is 0 Å². The Hall–Kier alpha value is -0.940. The molecule has 1 heterocycles. The minimum absolute atomic E-state index is 0.214. The Bertz CT molecular complexity index is 483. The molecule has 3 fully saturated rings. The summed E-state index contributed by atoms with van der Waals surface area (Å²) in [6.45, 7) is 0. The van der Waals surface area contributed by atoms with Crippen LogP contribution >= 0.6 is 23.8 Å². The van der Waals surface area contributed by atoms with E-state index in [1.54, 1.807) is 0 Å². The van der Waals surface area contributed by atoms with Gasteiger partial charge in [0.2, 0.25) is 0 Å². The zero-order valence-corrected chi connectivity index (χ0v) is 10.9. The van der Waals surface area contributed by atoms with Crippen molar-refractivity contribution < 1.29 is 14.4 Å². The molecule has 0 aromatic rings. The lowest BCUT2D eigenvalue weighted by atomic mass is 9.54. The van der Waals surface area contributed by atoms with Crippen LogP contribution in [0, 0.1) is 35.5 Å². The molecule has 6 unspecified atom stereocenters. The van der Waals surface area contributed by atoms with Gasteiger partial charge in [-0.25, -0.2) is 0 Å². The largest absolute Gasteiger partial charge is 0.344 e. The van der Waals surface area contributed by atoms with E-state index in [-0.39, 0.29) is 28.2 Å². The van der Waals surface area contributed by atoms with Gasteiger partial charge in [-0.3, -0.25) is 9.59 Å². The Morgan fingerprint density at radius 1 is 1.22 bits per heavy atom. The van der Waals surface area contributed by atoms with Crippen LogP contribution in [-0.4, -0.2) is 21.4 Å². The van der Waals surface area contributed by atoms with Gasteiger partial charge in [0, 0.05) is 0 Å². The molecule has 3 aliphatic carbocycles. The number of amides is 2. The van der Waals surface area contributed by atoms with E-state index in [1.807, 2.05) is 0 Å². The monoisotopic (exact) mass is 283 g/mol. The lowest BCUT2D eigenvalue weighted by Crippen LogP contribution is -2.50. The van der Waals surface area contributed by atoms with E-state index >= 15 is 0 Å². The van der Waals surface area contributed by atoms with Crippen LogP contribution < -0.4 is 0 Å². The maximum Gasteiger partial charge on any atom is 0.287 e. The summed E-state index contributed by atoms with van der Waals surface area (Å²) in [5, 5.41) is 0.780. The fourth-order valence-electron chi connectivity index (χ4n) is 4.42. The average molecular weight is 284 g/mol.